The molecule has 0 unspecified atom stereocenters. The maximum atomic E-state index is 9.20. The van der Waals surface area contributed by atoms with Crippen molar-refractivity contribution in [3.63, 3.8) is 0 Å². The molecule has 0 fully saturated rings. The minimum atomic E-state index is 0.265. The lowest BCUT2D eigenvalue weighted by atomic mass is 10.1. The van der Waals surface area contributed by atoms with E-state index in [1.807, 2.05) is 0 Å². The summed E-state index contributed by atoms with van der Waals surface area (Å²) in [4.78, 5) is 2.35. The van der Waals surface area contributed by atoms with Gasteiger partial charge in [0.15, 0.2) is 0 Å². The van der Waals surface area contributed by atoms with E-state index in [9.17, 15) is 5.11 Å². The van der Waals surface area contributed by atoms with Gasteiger partial charge in [0.25, 0.3) is 0 Å². The Morgan fingerprint density at radius 2 is 2.05 bits per heavy atom. The van der Waals surface area contributed by atoms with E-state index >= 15 is 0 Å². The van der Waals surface area contributed by atoms with Gasteiger partial charge in [-0.1, -0.05) is 12.2 Å². The number of phenolic OH excluding ortho intramolecular Hbond substituents is 1. The molecule has 102 valence electrons. The number of allylic oxidation sites excluding steroid dienone is 4. The van der Waals surface area contributed by atoms with E-state index in [1.54, 1.807) is 24.3 Å². The third kappa shape index (κ3) is 4.05. The maximum Gasteiger partial charge on any atom is 0.119 e. The fourth-order valence-corrected chi connectivity index (χ4v) is 2.17. The monoisotopic (exact) mass is 259 g/mol. The standard InChI is InChI=1S/C16H21NO2/c1-2-17(14-6-4-3-5-7-14)12-13-19-16-10-8-15(18)9-11-16/h3-4,6,8-11,18H,2,5,7,12-13H2,1H3. The molecular formula is C16H21NO2. The fraction of sp³-hybridized carbons (Fsp3) is 0.375. The first-order chi connectivity index (χ1) is 9.29. The average molecular weight is 259 g/mol. The quantitative estimate of drug-likeness (QED) is 0.850. The first-order valence-electron chi connectivity index (χ1n) is 6.82. The van der Waals surface area contributed by atoms with E-state index < -0.39 is 0 Å². The van der Waals surface area contributed by atoms with Crippen molar-refractivity contribution in [2.24, 2.45) is 0 Å². The van der Waals surface area contributed by atoms with Crippen LogP contribution in [-0.4, -0.2) is 29.7 Å². The van der Waals surface area contributed by atoms with Gasteiger partial charge >= 0.3 is 0 Å². The number of hydrogen-bond acceptors (Lipinski definition) is 3. The van der Waals surface area contributed by atoms with E-state index in [2.05, 4.69) is 30.1 Å². The maximum absolute atomic E-state index is 9.20. The summed E-state index contributed by atoms with van der Waals surface area (Å²) in [6.07, 6.45) is 8.75. The van der Waals surface area contributed by atoms with Gasteiger partial charge in [0.05, 0.1) is 6.54 Å². The molecule has 0 heterocycles. The molecule has 3 nitrogen and oxygen atoms in total. The molecule has 0 saturated heterocycles. The molecule has 1 aliphatic rings. The summed E-state index contributed by atoms with van der Waals surface area (Å²) in [6.45, 7) is 4.70. The van der Waals surface area contributed by atoms with Gasteiger partial charge in [-0.3, -0.25) is 0 Å². The lowest BCUT2D eigenvalue weighted by Crippen LogP contribution is -2.28. The summed E-state index contributed by atoms with van der Waals surface area (Å²) in [6, 6.07) is 6.85. The number of nitrogens with zero attached hydrogens (tertiary/aromatic N) is 1. The Balaban J connectivity index is 1.81. The molecule has 1 aromatic rings. The molecular weight excluding hydrogens is 238 g/mol. The van der Waals surface area contributed by atoms with Crippen LogP contribution in [0.3, 0.4) is 0 Å². The molecule has 0 bridgehead atoms. The summed E-state index contributed by atoms with van der Waals surface area (Å²) in [5.41, 5.74) is 1.39. The van der Waals surface area contributed by atoms with Crippen LogP contribution in [0.15, 0.2) is 48.2 Å². The molecule has 0 radical (unpaired) electrons. The average Bonchev–Trinajstić information content (AvgIpc) is 2.46. The lowest BCUT2D eigenvalue weighted by Gasteiger charge is -2.27. The summed E-state index contributed by atoms with van der Waals surface area (Å²) in [7, 11) is 0. The van der Waals surface area contributed by atoms with E-state index in [0.717, 1.165) is 31.7 Å². The van der Waals surface area contributed by atoms with Crippen molar-refractivity contribution in [1.82, 2.24) is 4.90 Å². The van der Waals surface area contributed by atoms with Crippen molar-refractivity contribution < 1.29 is 9.84 Å². The van der Waals surface area contributed by atoms with Crippen LogP contribution in [0.5, 0.6) is 11.5 Å². The second-order valence-electron chi connectivity index (χ2n) is 4.55. The number of hydrogen-bond donors (Lipinski definition) is 1. The molecule has 0 aromatic heterocycles. The van der Waals surface area contributed by atoms with Crippen molar-refractivity contribution in [3.8, 4) is 11.5 Å². The minimum Gasteiger partial charge on any atom is -0.508 e. The highest BCUT2D eigenvalue weighted by atomic mass is 16.5. The number of benzene rings is 1. The molecule has 0 atom stereocenters. The summed E-state index contributed by atoms with van der Waals surface area (Å²) >= 11 is 0. The molecule has 0 amide bonds. The van der Waals surface area contributed by atoms with Crippen molar-refractivity contribution in [3.05, 3.63) is 48.2 Å². The molecule has 0 aliphatic heterocycles. The highest BCUT2D eigenvalue weighted by molar-refractivity contribution is 5.30. The van der Waals surface area contributed by atoms with Crippen LogP contribution in [0.2, 0.25) is 0 Å². The fourth-order valence-electron chi connectivity index (χ4n) is 2.17. The van der Waals surface area contributed by atoms with Crippen molar-refractivity contribution in [2.45, 2.75) is 19.8 Å². The largest absolute Gasteiger partial charge is 0.508 e. The summed E-state index contributed by atoms with van der Waals surface area (Å²) < 4.78 is 5.69. The molecule has 1 aromatic carbocycles. The first kappa shape index (κ1) is 13.5. The van der Waals surface area contributed by atoms with Crippen molar-refractivity contribution >= 4 is 0 Å². The van der Waals surface area contributed by atoms with E-state index in [-0.39, 0.29) is 5.75 Å². The predicted molar refractivity (Wildman–Crippen MR) is 77.3 cm³/mol. The zero-order valence-corrected chi connectivity index (χ0v) is 11.4. The van der Waals surface area contributed by atoms with Crippen LogP contribution in [0.4, 0.5) is 0 Å². The normalized spacial score (nSPS) is 14.1. The summed E-state index contributed by atoms with van der Waals surface area (Å²) in [5.74, 6) is 1.06. The van der Waals surface area contributed by atoms with E-state index in [4.69, 9.17) is 4.74 Å². The highest BCUT2D eigenvalue weighted by Crippen LogP contribution is 2.18. The number of likely N-dealkylation sites (N-methyl/N-ethyl adjacent to an activating group) is 1. The topological polar surface area (TPSA) is 32.7 Å². The van der Waals surface area contributed by atoms with Crippen LogP contribution in [0.1, 0.15) is 19.8 Å². The number of aromatic hydroxyl groups is 1. The van der Waals surface area contributed by atoms with Crippen LogP contribution in [0, 0.1) is 0 Å². The third-order valence-corrected chi connectivity index (χ3v) is 3.25. The van der Waals surface area contributed by atoms with Gasteiger partial charge in [-0.2, -0.15) is 0 Å². The van der Waals surface area contributed by atoms with Gasteiger partial charge in [-0.25, -0.2) is 0 Å². The Morgan fingerprint density at radius 3 is 2.68 bits per heavy atom. The van der Waals surface area contributed by atoms with Crippen LogP contribution in [-0.2, 0) is 0 Å². The van der Waals surface area contributed by atoms with Crippen molar-refractivity contribution in [1.29, 1.82) is 0 Å². The second-order valence-corrected chi connectivity index (χ2v) is 4.55. The molecule has 1 aliphatic carbocycles. The second kappa shape index (κ2) is 6.88. The Hall–Kier alpha value is -1.90. The van der Waals surface area contributed by atoms with Crippen LogP contribution in [0.25, 0.3) is 0 Å². The molecule has 3 heteroatoms. The number of rotatable bonds is 6. The molecule has 2 rings (SSSR count). The highest BCUT2D eigenvalue weighted by Gasteiger charge is 2.08. The zero-order valence-electron chi connectivity index (χ0n) is 11.4. The number of ether oxygens (including phenoxy) is 1. The van der Waals surface area contributed by atoms with Gasteiger partial charge < -0.3 is 14.7 Å². The zero-order chi connectivity index (χ0) is 13.5. The molecule has 0 spiro atoms. The molecule has 0 saturated carbocycles. The molecule has 1 N–H and O–H groups in total. The SMILES string of the molecule is CCN(CCOc1ccc(O)cc1)C1=CC=CCC1. The van der Waals surface area contributed by atoms with Gasteiger partial charge in [0.2, 0.25) is 0 Å². The number of phenols is 1. The third-order valence-electron chi connectivity index (χ3n) is 3.25. The predicted octanol–water partition coefficient (Wildman–Crippen LogP) is 3.33. The minimum absolute atomic E-state index is 0.265. The summed E-state index contributed by atoms with van der Waals surface area (Å²) in [5, 5.41) is 9.20. The van der Waals surface area contributed by atoms with E-state index in [1.165, 1.54) is 5.70 Å². The van der Waals surface area contributed by atoms with Gasteiger partial charge in [0, 0.05) is 12.2 Å². The van der Waals surface area contributed by atoms with Gasteiger partial charge in [-0.15, -0.1) is 0 Å². The van der Waals surface area contributed by atoms with Crippen molar-refractivity contribution in [2.75, 3.05) is 19.7 Å². The Kier molecular flexibility index (Phi) is 4.90. The molecule has 19 heavy (non-hydrogen) atoms. The van der Waals surface area contributed by atoms with E-state index in [0.29, 0.717) is 6.61 Å². The Bertz CT molecular complexity index is 448. The van der Waals surface area contributed by atoms with Gasteiger partial charge in [0.1, 0.15) is 18.1 Å². The lowest BCUT2D eigenvalue weighted by molar-refractivity contribution is 0.244. The Labute approximate surface area is 114 Å². The Morgan fingerprint density at radius 1 is 1.26 bits per heavy atom. The first-order valence-corrected chi connectivity index (χ1v) is 6.82. The smallest absolute Gasteiger partial charge is 0.119 e. The van der Waals surface area contributed by atoms with Crippen LogP contribution >= 0.6 is 0 Å². The van der Waals surface area contributed by atoms with Crippen LogP contribution < -0.4 is 4.74 Å². The van der Waals surface area contributed by atoms with Gasteiger partial charge in [-0.05, 0) is 50.1 Å².